The minimum Gasteiger partial charge on any atom is -0.508 e. The molecule has 1 amide bonds. The minimum absolute atomic E-state index is 0.0414. The number of rotatable bonds is 6. The first-order valence-electron chi connectivity index (χ1n) is 11.3. The number of hydrogen-bond acceptors (Lipinski definition) is 8. The van der Waals surface area contributed by atoms with Crippen LogP contribution in [0.25, 0.3) is 11.4 Å². The van der Waals surface area contributed by atoms with Crippen LogP contribution in [-0.2, 0) is 4.79 Å². The normalized spacial score (nSPS) is 14.5. The molecule has 0 saturated carbocycles. The zero-order valence-corrected chi connectivity index (χ0v) is 19.9. The van der Waals surface area contributed by atoms with Crippen molar-refractivity contribution in [2.24, 2.45) is 0 Å². The van der Waals surface area contributed by atoms with Crippen LogP contribution >= 0.6 is 0 Å². The van der Waals surface area contributed by atoms with Gasteiger partial charge in [-0.25, -0.2) is 4.68 Å². The molecule has 1 aliphatic heterocycles. The molecule has 0 saturated heterocycles. The number of nitro benzene ring substituents is 1. The van der Waals surface area contributed by atoms with E-state index >= 15 is 0 Å². The second kappa shape index (κ2) is 9.46. The number of aromatic nitrogens is 3. The summed E-state index contributed by atoms with van der Waals surface area (Å²) < 4.78 is 6.81. The Hall–Kier alpha value is -5.19. The molecule has 3 N–H and O–H groups in total. The molecule has 0 aliphatic carbocycles. The van der Waals surface area contributed by atoms with E-state index in [1.54, 1.807) is 61.5 Å². The van der Waals surface area contributed by atoms with Gasteiger partial charge in [0.25, 0.3) is 11.6 Å². The molecule has 5 rings (SSSR count). The number of para-hydroxylation sites is 3. The maximum Gasteiger partial charge on any atom is 0.275 e. The fraction of sp³-hybridized carbons (Fsp3) is 0.115. The zero-order valence-electron chi connectivity index (χ0n) is 19.9. The van der Waals surface area contributed by atoms with Gasteiger partial charge in [-0.15, -0.1) is 5.10 Å². The van der Waals surface area contributed by atoms with Crippen LogP contribution in [0.5, 0.6) is 11.5 Å². The second-order valence-corrected chi connectivity index (χ2v) is 8.29. The largest absolute Gasteiger partial charge is 0.508 e. The number of nitro groups is 1. The number of phenolic OH excluding ortho intramolecular Hbond substituents is 1. The number of anilines is 2. The Balaban J connectivity index is 1.66. The van der Waals surface area contributed by atoms with Crippen LogP contribution in [0.15, 0.2) is 84.1 Å². The van der Waals surface area contributed by atoms with E-state index in [1.807, 2.05) is 0 Å². The van der Waals surface area contributed by atoms with Crippen LogP contribution in [0.4, 0.5) is 17.3 Å². The Morgan fingerprint density at radius 2 is 1.89 bits per heavy atom. The Morgan fingerprint density at radius 1 is 1.14 bits per heavy atom. The van der Waals surface area contributed by atoms with Gasteiger partial charge in [0.2, 0.25) is 5.95 Å². The summed E-state index contributed by atoms with van der Waals surface area (Å²) in [7, 11) is 1.50. The molecule has 0 radical (unpaired) electrons. The van der Waals surface area contributed by atoms with Gasteiger partial charge in [-0.1, -0.05) is 36.4 Å². The van der Waals surface area contributed by atoms with Gasteiger partial charge >= 0.3 is 0 Å². The van der Waals surface area contributed by atoms with Crippen LogP contribution in [-0.4, -0.2) is 37.8 Å². The van der Waals surface area contributed by atoms with Gasteiger partial charge in [-0.3, -0.25) is 14.9 Å². The summed E-state index contributed by atoms with van der Waals surface area (Å²) in [6, 6.07) is 18.6. The second-order valence-electron chi connectivity index (χ2n) is 8.29. The molecule has 4 aromatic rings. The standard InChI is InChI=1S/C26H22N6O5/c1-15-22(25(34)28-19-11-4-6-13-21(19)37-2)23(18-10-3-5-12-20(18)32(35)36)31-26(27-15)29-24(30-31)16-8-7-9-17(33)14-16/h3-14,23,33H,1-2H3,(H,28,34)(H,27,29,30). The molecular formula is C26H22N6O5. The summed E-state index contributed by atoms with van der Waals surface area (Å²) in [5.74, 6) is 0.596. The summed E-state index contributed by atoms with van der Waals surface area (Å²) >= 11 is 0. The monoisotopic (exact) mass is 498 g/mol. The van der Waals surface area contributed by atoms with Gasteiger partial charge in [0.1, 0.15) is 17.5 Å². The quantitative estimate of drug-likeness (QED) is 0.260. The number of nitrogens with zero attached hydrogens (tertiary/aromatic N) is 4. The van der Waals surface area contributed by atoms with E-state index in [0.29, 0.717) is 28.6 Å². The lowest BCUT2D eigenvalue weighted by molar-refractivity contribution is -0.385. The predicted octanol–water partition coefficient (Wildman–Crippen LogP) is 4.50. The first kappa shape index (κ1) is 23.5. The number of nitrogens with one attached hydrogen (secondary N) is 2. The smallest absolute Gasteiger partial charge is 0.275 e. The summed E-state index contributed by atoms with van der Waals surface area (Å²) in [4.78, 5) is 29.7. The highest BCUT2D eigenvalue weighted by atomic mass is 16.6. The van der Waals surface area contributed by atoms with Gasteiger partial charge < -0.3 is 20.5 Å². The number of benzene rings is 3. The third-order valence-corrected chi connectivity index (χ3v) is 5.98. The van der Waals surface area contributed by atoms with E-state index < -0.39 is 16.9 Å². The molecule has 0 bridgehead atoms. The van der Waals surface area contributed by atoms with E-state index in [-0.39, 0.29) is 28.4 Å². The van der Waals surface area contributed by atoms with Crippen LogP contribution < -0.4 is 15.4 Å². The molecule has 1 aromatic heterocycles. The topological polar surface area (TPSA) is 144 Å². The molecule has 3 aromatic carbocycles. The van der Waals surface area contributed by atoms with E-state index in [1.165, 1.54) is 30.0 Å². The highest BCUT2D eigenvalue weighted by Crippen LogP contribution is 2.40. The third-order valence-electron chi connectivity index (χ3n) is 5.98. The first-order valence-corrected chi connectivity index (χ1v) is 11.3. The highest BCUT2D eigenvalue weighted by molar-refractivity contribution is 6.06. The van der Waals surface area contributed by atoms with E-state index in [0.717, 1.165) is 0 Å². The number of phenols is 1. The first-order chi connectivity index (χ1) is 17.9. The van der Waals surface area contributed by atoms with Crippen molar-refractivity contribution in [2.45, 2.75) is 13.0 Å². The van der Waals surface area contributed by atoms with Gasteiger partial charge in [-0.05, 0) is 37.3 Å². The Kier molecular flexibility index (Phi) is 6.02. The predicted molar refractivity (Wildman–Crippen MR) is 136 cm³/mol. The molecule has 11 nitrogen and oxygen atoms in total. The molecule has 11 heteroatoms. The molecule has 1 unspecified atom stereocenters. The van der Waals surface area contributed by atoms with Gasteiger partial charge in [0.05, 0.1) is 28.9 Å². The molecule has 0 fully saturated rings. The van der Waals surface area contributed by atoms with Crippen molar-refractivity contribution >= 4 is 23.2 Å². The van der Waals surface area contributed by atoms with Crippen LogP contribution in [0.3, 0.4) is 0 Å². The van der Waals surface area contributed by atoms with Crippen molar-refractivity contribution in [3.8, 4) is 22.9 Å². The summed E-state index contributed by atoms with van der Waals surface area (Å²) in [5.41, 5.74) is 1.78. The molecule has 186 valence electrons. The number of fused-ring (bicyclic) bond motifs is 1. The number of methoxy groups -OCH3 is 1. The lowest BCUT2D eigenvalue weighted by Crippen LogP contribution is -2.32. The highest BCUT2D eigenvalue weighted by Gasteiger charge is 2.38. The number of allylic oxidation sites excluding steroid dienone is 1. The average Bonchev–Trinajstić information content (AvgIpc) is 3.31. The number of aromatic hydroxyl groups is 1. The molecule has 2 heterocycles. The van der Waals surface area contributed by atoms with Crippen molar-refractivity contribution < 1.29 is 19.6 Å². The lowest BCUT2D eigenvalue weighted by Gasteiger charge is -2.28. The van der Waals surface area contributed by atoms with Gasteiger partial charge in [0.15, 0.2) is 5.82 Å². The summed E-state index contributed by atoms with van der Waals surface area (Å²) in [6.45, 7) is 1.70. The SMILES string of the molecule is COc1ccccc1NC(=O)C1=C(C)Nc2nc(-c3cccc(O)c3)nn2C1c1ccccc1[N+](=O)[O-]. The Labute approximate surface area is 211 Å². The van der Waals surface area contributed by atoms with Crippen molar-refractivity contribution in [3.63, 3.8) is 0 Å². The van der Waals surface area contributed by atoms with Crippen molar-refractivity contribution in [2.75, 3.05) is 17.7 Å². The molecule has 1 atom stereocenters. The number of ether oxygens (including phenoxy) is 1. The van der Waals surface area contributed by atoms with Crippen LogP contribution in [0, 0.1) is 10.1 Å². The molecule has 0 spiro atoms. The van der Waals surface area contributed by atoms with Gasteiger partial charge in [-0.2, -0.15) is 4.98 Å². The minimum atomic E-state index is -0.967. The zero-order chi connectivity index (χ0) is 26.1. The van der Waals surface area contributed by atoms with Crippen LogP contribution in [0.2, 0.25) is 0 Å². The van der Waals surface area contributed by atoms with Crippen molar-refractivity contribution in [1.29, 1.82) is 0 Å². The maximum atomic E-state index is 13.7. The molecule has 37 heavy (non-hydrogen) atoms. The fourth-order valence-corrected chi connectivity index (χ4v) is 4.32. The summed E-state index contributed by atoms with van der Waals surface area (Å²) in [6.07, 6.45) is 0. The van der Waals surface area contributed by atoms with Gasteiger partial charge in [0, 0.05) is 17.3 Å². The lowest BCUT2D eigenvalue weighted by atomic mass is 9.93. The average molecular weight is 498 g/mol. The Morgan fingerprint density at radius 3 is 2.65 bits per heavy atom. The Bertz CT molecular complexity index is 1560. The van der Waals surface area contributed by atoms with E-state index in [4.69, 9.17) is 4.74 Å². The van der Waals surface area contributed by atoms with Crippen molar-refractivity contribution in [3.05, 3.63) is 99.7 Å². The van der Waals surface area contributed by atoms with Crippen LogP contribution in [0.1, 0.15) is 18.5 Å². The summed E-state index contributed by atoms with van der Waals surface area (Å²) in [5, 5.41) is 32.4. The molecular weight excluding hydrogens is 476 g/mol. The maximum absolute atomic E-state index is 13.7. The number of carbonyl (C=O) groups is 1. The molecule has 1 aliphatic rings. The van der Waals surface area contributed by atoms with Crippen molar-refractivity contribution in [1.82, 2.24) is 14.8 Å². The van der Waals surface area contributed by atoms with E-state index in [2.05, 4.69) is 20.7 Å². The van der Waals surface area contributed by atoms with E-state index in [9.17, 15) is 20.0 Å². The number of carbonyl (C=O) groups excluding carboxylic acids is 1. The third kappa shape index (κ3) is 4.33. The fourth-order valence-electron chi connectivity index (χ4n) is 4.32. The number of hydrogen-bond donors (Lipinski definition) is 3. The number of amides is 1.